The average Bonchev–Trinajstić information content (AvgIpc) is 2.01. The molecule has 14 heavy (non-hydrogen) atoms. The van der Waals surface area contributed by atoms with Crippen LogP contribution in [0.5, 0.6) is 0 Å². The Morgan fingerprint density at radius 3 is 2.29 bits per heavy atom. The number of nitrogens with two attached hydrogens (primary N) is 1. The maximum absolute atomic E-state index is 12.2. The van der Waals surface area contributed by atoms with Crippen LogP contribution in [0.2, 0.25) is 5.02 Å². The van der Waals surface area contributed by atoms with Crippen molar-refractivity contribution in [1.29, 1.82) is 5.26 Å². The Kier molecular flexibility index (Phi) is 2.58. The van der Waals surface area contributed by atoms with Crippen molar-refractivity contribution in [2.75, 3.05) is 5.73 Å². The lowest BCUT2D eigenvalue weighted by Crippen LogP contribution is -2.06. The van der Waals surface area contributed by atoms with Crippen LogP contribution in [-0.2, 0) is 6.18 Å². The number of alkyl halides is 3. The smallest absolute Gasteiger partial charge is 0.398 e. The molecule has 0 aliphatic carbocycles. The average molecular weight is 221 g/mol. The molecular formula is C8H4ClF3N2. The molecule has 0 saturated heterocycles. The van der Waals surface area contributed by atoms with Gasteiger partial charge in [0, 0.05) is 0 Å². The largest absolute Gasteiger partial charge is 0.416 e. The number of nitrogen functional groups attached to an aromatic ring is 1. The van der Waals surface area contributed by atoms with E-state index in [0.717, 1.165) is 0 Å². The summed E-state index contributed by atoms with van der Waals surface area (Å²) < 4.78 is 36.6. The second-order valence-electron chi connectivity index (χ2n) is 2.53. The van der Waals surface area contributed by atoms with Crippen molar-refractivity contribution in [2.45, 2.75) is 6.18 Å². The van der Waals surface area contributed by atoms with Gasteiger partial charge in [-0.15, -0.1) is 0 Å². The van der Waals surface area contributed by atoms with Crippen molar-refractivity contribution in [3.05, 3.63) is 28.3 Å². The van der Waals surface area contributed by atoms with Gasteiger partial charge in [0.2, 0.25) is 0 Å². The summed E-state index contributed by atoms with van der Waals surface area (Å²) >= 11 is 5.44. The second-order valence-corrected chi connectivity index (χ2v) is 2.94. The minimum Gasteiger partial charge on any atom is -0.398 e. The zero-order valence-corrected chi connectivity index (χ0v) is 7.45. The predicted molar refractivity (Wildman–Crippen MR) is 45.6 cm³/mol. The molecule has 6 heteroatoms. The number of nitriles is 1. The Hall–Kier alpha value is -1.41. The predicted octanol–water partition coefficient (Wildman–Crippen LogP) is 2.81. The molecule has 74 valence electrons. The van der Waals surface area contributed by atoms with Crippen LogP contribution in [0.1, 0.15) is 11.1 Å². The van der Waals surface area contributed by atoms with Gasteiger partial charge in [-0.3, -0.25) is 0 Å². The Bertz CT molecular complexity index is 383. The first-order valence-corrected chi connectivity index (χ1v) is 3.80. The number of rotatable bonds is 0. The molecule has 0 heterocycles. The van der Waals surface area contributed by atoms with Crippen molar-refractivity contribution in [3.63, 3.8) is 0 Å². The molecule has 0 aliphatic rings. The van der Waals surface area contributed by atoms with Gasteiger partial charge in [0.15, 0.2) is 0 Å². The third kappa shape index (κ3) is 1.91. The summed E-state index contributed by atoms with van der Waals surface area (Å²) in [4.78, 5) is 0. The van der Waals surface area contributed by atoms with E-state index in [9.17, 15) is 13.2 Å². The van der Waals surface area contributed by atoms with E-state index in [2.05, 4.69) is 0 Å². The molecule has 0 radical (unpaired) electrons. The molecule has 0 spiro atoms. The number of halogens is 4. The summed E-state index contributed by atoms with van der Waals surface area (Å²) in [7, 11) is 0. The van der Waals surface area contributed by atoms with E-state index in [1.54, 1.807) is 6.07 Å². The molecule has 0 atom stereocenters. The zero-order chi connectivity index (χ0) is 10.9. The van der Waals surface area contributed by atoms with Gasteiger partial charge in [0.25, 0.3) is 0 Å². The van der Waals surface area contributed by atoms with Crippen LogP contribution < -0.4 is 5.73 Å². The van der Waals surface area contributed by atoms with Gasteiger partial charge < -0.3 is 5.73 Å². The van der Waals surface area contributed by atoms with Crippen LogP contribution in [0.25, 0.3) is 0 Å². The Morgan fingerprint density at radius 1 is 1.36 bits per heavy atom. The van der Waals surface area contributed by atoms with E-state index in [0.29, 0.717) is 12.1 Å². The summed E-state index contributed by atoms with van der Waals surface area (Å²) in [5, 5.41) is 8.21. The third-order valence-corrected chi connectivity index (χ3v) is 1.86. The topological polar surface area (TPSA) is 49.8 Å². The van der Waals surface area contributed by atoms with Gasteiger partial charge in [0.1, 0.15) is 6.07 Å². The standard InChI is InChI=1S/C8H4ClF3N2/c9-6-1-4(8(10,11)12)2-7(14)5(6)3-13/h1-2H,14H2. The van der Waals surface area contributed by atoms with Crippen LogP contribution >= 0.6 is 11.6 Å². The maximum atomic E-state index is 12.2. The fourth-order valence-electron chi connectivity index (χ4n) is 0.910. The summed E-state index contributed by atoms with van der Waals surface area (Å²) in [5.74, 6) is 0. The highest BCUT2D eigenvalue weighted by atomic mass is 35.5. The van der Waals surface area contributed by atoms with Crippen molar-refractivity contribution >= 4 is 17.3 Å². The monoisotopic (exact) mass is 220 g/mol. The summed E-state index contributed by atoms with van der Waals surface area (Å²) in [6.07, 6.45) is -4.51. The first-order chi connectivity index (χ1) is 6.36. The Morgan fingerprint density at radius 2 is 1.93 bits per heavy atom. The van der Waals surface area contributed by atoms with Gasteiger partial charge in [0.05, 0.1) is 21.8 Å². The number of benzene rings is 1. The molecule has 0 aliphatic heterocycles. The summed E-state index contributed by atoms with van der Waals surface area (Å²) in [6, 6.07) is 2.98. The van der Waals surface area contributed by atoms with Gasteiger partial charge in [-0.1, -0.05) is 11.6 Å². The highest BCUT2D eigenvalue weighted by Gasteiger charge is 2.31. The van der Waals surface area contributed by atoms with Crippen molar-refractivity contribution < 1.29 is 13.2 Å². The van der Waals surface area contributed by atoms with E-state index in [1.165, 1.54) is 0 Å². The lowest BCUT2D eigenvalue weighted by Gasteiger charge is -2.09. The van der Waals surface area contributed by atoms with Gasteiger partial charge in [-0.2, -0.15) is 18.4 Å². The fraction of sp³-hybridized carbons (Fsp3) is 0.125. The SMILES string of the molecule is N#Cc1c(N)cc(C(F)(F)F)cc1Cl. The van der Waals surface area contributed by atoms with Crippen LogP contribution in [0.4, 0.5) is 18.9 Å². The summed E-state index contributed by atoms with van der Waals surface area (Å²) in [6.45, 7) is 0. The molecule has 2 nitrogen and oxygen atoms in total. The lowest BCUT2D eigenvalue weighted by atomic mass is 10.1. The lowest BCUT2D eigenvalue weighted by molar-refractivity contribution is -0.137. The fourth-order valence-corrected chi connectivity index (χ4v) is 1.18. The first-order valence-electron chi connectivity index (χ1n) is 3.42. The van der Waals surface area contributed by atoms with E-state index < -0.39 is 11.7 Å². The van der Waals surface area contributed by atoms with Crippen LogP contribution in [0, 0.1) is 11.3 Å². The normalized spacial score (nSPS) is 11.1. The molecule has 1 aromatic rings. The molecule has 0 amide bonds. The minimum absolute atomic E-state index is 0.139. The molecule has 0 aromatic heterocycles. The van der Waals surface area contributed by atoms with Gasteiger partial charge >= 0.3 is 6.18 Å². The molecule has 1 aromatic carbocycles. The second kappa shape index (κ2) is 3.39. The number of hydrogen-bond acceptors (Lipinski definition) is 2. The molecule has 0 bridgehead atoms. The zero-order valence-electron chi connectivity index (χ0n) is 6.69. The summed E-state index contributed by atoms with van der Waals surface area (Å²) in [5.41, 5.74) is 3.85. The molecule has 1 rings (SSSR count). The highest BCUT2D eigenvalue weighted by Crippen LogP contribution is 2.34. The Balaban J connectivity index is 3.37. The van der Waals surface area contributed by atoms with E-state index in [-0.39, 0.29) is 16.3 Å². The number of anilines is 1. The van der Waals surface area contributed by atoms with E-state index in [1.807, 2.05) is 0 Å². The van der Waals surface area contributed by atoms with Crippen LogP contribution in [0.3, 0.4) is 0 Å². The quantitative estimate of drug-likeness (QED) is 0.684. The molecule has 0 unspecified atom stereocenters. The molecule has 2 N–H and O–H groups in total. The number of hydrogen-bond donors (Lipinski definition) is 1. The van der Waals surface area contributed by atoms with Crippen molar-refractivity contribution in [2.24, 2.45) is 0 Å². The van der Waals surface area contributed by atoms with Crippen molar-refractivity contribution in [3.8, 4) is 6.07 Å². The first kappa shape index (κ1) is 10.7. The molecular weight excluding hydrogens is 217 g/mol. The Labute approximate surface area is 82.7 Å². The van der Waals surface area contributed by atoms with Crippen LogP contribution in [0.15, 0.2) is 12.1 Å². The van der Waals surface area contributed by atoms with Crippen molar-refractivity contribution in [1.82, 2.24) is 0 Å². The van der Waals surface area contributed by atoms with E-state index in [4.69, 9.17) is 22.6 Å². The maximum Gasteiger partial charge on any atom is 0.416 e. The van der Waals surface area contributed by atoms with Crippen LogP contribution in [-0.4, -0.2) is 0 Å². The molecule has 0 fully saturated rings. The minimum atomic E-state index is -4.51. The van der Waals surface area contributed by atoms with Gasteiger partial charge in [-0.25, -0.2) is 0 Å². The molecule has 0 saturated carbocycles. The number of nitrogens with zero attached hydrogens (tertiary/aromatic N) is 1. The van der Waals surface area contributed by atoms with Gasteiger partial charge in [-0.05, 0) is 12.1 Å². The highest BCUT2D eigenvalue weighted by molar-refractivity contribution is 6.32. The van der Waals surface area contributed by atoms with E-state index >= 15 is 0 Å². The third-order valence-electron chi connectivity index (χ3n) is 1.56.